The normalized spacial score (nSPS) is 10.2. The average Bonchev–Trinajstić information content (AvgIpc) is 2.42. The molecule has 0 aliphatic carbocycles. The summed E-state index contributed by atoms with van der Waals surface area (Å²) in [5.41, 5.74) is 1.03. The van der Waals surface area contributed by atoms with E-state index < -0.39 is 11.9 Å². The second-order valence-electron chi connectivity index (χ2n) is 4.83. The Kier molecular flexibility index (Phi) is 4.08. The Balaban J connectivity index is 2.62. The largest absolute Gasteiger partial charge is 0.426 e. The number of hydrogen-bond donors (Lipinski definition) is 0. The second kappa shape index (κ2) is 5.79. The topological polar surface area (TPSA) is 52.6 Å². The smallest absolute Gasteiger partial charge is 0.338 e. The molecule has 0 aliphatic rings. The molecule has 0 atom stereocenters. The van der Waals surface area contributed by atoms with Crippen molar-refractivity contribution in [3.05, 3.63) is 48.0 Å². The van der Waals surface area contributed by atoms with E-state index in [0.29, 0.717) is 33.4 Å². The van der Waals surface area contributed by atoms with Crippen LogP contribution in [0.3, 0.4) is 0 Å². The van der Waals surface area contributed by atoms with Crippen molar-refractivity contribution in [2.45, 2.75) is 20.8 Å². The number of esters is 2. The summed E-state index contributed by atoms with van der Waals surface area (Å²) >= 11 is 0. The van der Waals surface area contributed by atoms with Crippen LogP contribution >= 0.6 is 0 Å². The first-order valence-electron chi connectivity index (χ1n) is 6.48. The number of benzene rings is 2. The molecule has 4 heteroatoms. The third kappa shape index (κ3) is 3.11. The van der Waals surface area contributed by atoms with Gasteiger partial charge >= 0.3 is 11.9 Å². The molecule has 4 nitrogen and oxygen atoms in total. The minimum Gasteiger partial charge on any atom is -0.426 e. The van der Waals surface area contributed by atoms with Crippen molar-refractivity contribution in [3.63, 3.8) is 0 Å². The molecule has 0 N–H and O–H groups in total. The van der Waals surface area contributed by atoms with Gasteiger partial charge in [-0.2, -0.15) is 0 Å². The molecule has 0 saturated carbocycles. The van der Waals surface area contributed by atoms with Gasteiger partial charge in [0.15, 0.2) is 0 Å². The Morgan fingerprint density at radius 1 is 1.05 bits per heavy atom. The van der Waals surface area contributed by atoms with Crippen LogP contribution in [0.2, 0.25) is 0 Å². The molecule has 0 spiro atoms. The predicted molar refractivity (Wildman–Crippen MR) is 80.4 cm³/mol. The van der Waals surface area contributed by atoms with Crippen molar-refractivity contribution >= 4 is 22.7 Å². The summed E-state index contributed by atoms with van der Waals surface area (Å²) in [4.78, 5) is 23.0. The molecule has 2 aromatic carbocycles. The summed E-state index contributed by atoms with van der Waals surface area (Å²) < 4.78 is 10.6. The Morgan fingerprint density at radius 2 is 1.67 bits per heavy atom. The Hall–Kier alpha value is -2.62. The lowest BCUT2D eigenvalue weighted by molar-refractivity contribution is -0.132. The van der Waals surface area contributed by atoms with E-state index in [1.807, 2.05) is 24.3 Å². The van der Waals surface area contributed by atoms with Crippen LogP contribution in [0.1, 0.15) is 19.4 Å². The fourth-order valence-electron chi connectivity index (χ4n) is 2.00. The number of fused-ring (bicyclic) bond motifs is 1. The summed E-state index contributed by atoms with van der Waals surface area (Å²) in [6.45, 7) is 8.30. The standard InChI is InChI=1S/C17H16O4/c1-10(2)17(19)21-16-11(3)9-15(20-12(4)18)13-7-5-6-8-14(13)16/h5-9H,1H2,2-4H3. The molecule has 21 heavy (non-hydrogen) atoms. The predicted octanol–water partition coefficient (Wildman–Crippen LogP) is 3.56. The summed E-state index contributed by atoms with van der Waals surface area (Å²) in [6.07, 6.45) is 0. The van der Waals surface area contributed by atoms with Gasteiger partial charge in [-0.05, 0) is 25.5 Å². The van der Waals surface area contributed by atoms with Crippen LogP contribution in [0.4, 0.5) is 0 Å². The Labute approximate surface area is 123 Å². The number of hydrogen-bond acceptors (Lipinski definition) is 4. The van der Waals surface area contributed by atoms with Gasteiger partial charge in [0.1, 0.15) is 11.5 Å². The summed E-state index contributed by atoms with van der Waals surface area (Å²) in [5, 5.41) is 1.42. The highest BCUT2D eigenvalue weighted by Gasteiger charge is 2.16. The van der Waals surface area contributed by atoms with E-state index in [1.165, 1.54) is 6.92 Å². The molecule has 0 saturated heterocycles. The van der Waals surface area contributed by atoms with Crippen molar-refractivity contribution in [1.82, 2.24) is 0 Å². The van der Waals surface area contributed by atoms with Crippen molar-refractivity contribution < 1.29 is 19.1 Å². The van der Waals surface area contributed by atoms with Crippen LogP contribution < -0.4 is 9.47 Å². The average molecular weight is 284 g/mol. The van der Waals surface area contributed by atoms with Gasteiger partial charge in [0, 0.05) is 23.3 Å². The molecule has 0 unspecified atom stereocenters. The number of aryl methyl sites for hydroxylation is 1. The zero-order valence-electron chi connectivity index (χ0n) is 12.2. The van der Waals surface area contributed by atoms with Gasteiger partial charge in [0.05, 0.1) is 0 Å². The van der Waals surface area contributed by atoms with E-state index in [9.17, 15) is 9.59 Å². The van der Waals surface area contributed by atoms with Crippen LogP contribution in [-0.2, 0) is 9.59 Å². The SMILES string of the molecule is C=C(C)C(=O)Oc1c(C)cc(OC(C)=O)c2ccccc12. The zero-order valence-corrected chi connectivity index (χ0v) is 12.2. The molecule has 0 bridgehead atoms. The number of carbonyl (C=O) groups is 2. The first kappa shape index (κ1) is 14.8. The lowest BCUT2D eigenvalue weighted by Gasteiger charge is -2.14. The monoisotopic (exact) mass is 284 g/mol. The maximum atomic E-state index is 11.8. The van der Waals surface area contributed by atoms with Gasteiger partial charge in [-0.3, -0.25) is 4.79 Å². The molecule has 0 fully saturated rings. The Morgan fingerprint density at radius 3 is 2.24 bits per heavy atom. The van der Waals surface area contributed by atoms with Gasteiger partial charge in [0.25, 0.3) is 0 Å². The van der Waals surface area contributed by atoms with E-state index in [2.05, 4.69) is 6.58 Å². The van der Waals surface area contributed by atoms with Gasteiger partial charge in [-0.25, -0.2) is 4.79 Å². The maximum Gasteiger partial charge on any atom is 0.338 e. The van der Waals surface area contributed by atoms with E-state index in [0.717, 1.165) is 0 Å². The zero-order chi connectivity index (χ0) is 15.6. The second-order valence-corrected chi connectivity index (χ2v) is 4.83. The molecule has 2 rings (SSSR count). The molecular weight excluding hydrogens is 268 g/mol. The van der Waals surface area contributed by atoms with Gasteiger partial charge in [-0.1, -0.05) is 30.8 Å². The third-order valence-electron chi connectivity index (χ3n) is 2.94. The quantitative estimate of drug-likeness (QED) is 0.491. The molecule has 2 aromatic rings. The number of ether oxygens (including phenoxy) is 2. The first-order chi connectivity index (χ1) is 9.90. The van der Waals surface area contributed by atoms with Crippen LogP contribution in [0.5, 0.6) is 11.5 Å². The van der Waals surface area contributed by atoms with Crippen molar-refractivity contribution in [2.75, 3.05) is 0 Å². The van der Waals surface area contributed by atoms with E-state index in [1.54, 1.807) is 19.9 Å². The summed E-state index contributed by atoms with van der Waals surface area (Å²) in [6, 6.07) is 8.97. The van der Waals surface area contributed by atoms with Crippen molar-refractivity contribution in [2.24, 2.45) is 0 Å². The lowest BCUT2D eigenvalue weighted by atomic mass is 10.0. The van der Waals surface area contributed by atoms with Gasteiger partial charge < -0.3 is 9.47 Å². The molecule has 0 aliphatic heterocycles. The highest BCUT2D eigenvalue weighted by atomic mass is 16.5. The fourth-order valence-corrected chi connectivity index (χ4v) is 2.00. The highest BCUT2D eigenvalue weighted by Crippen LogP contribution is 2.36. The minimum atomic E-state index is -0.483. The molecule has 108 valence electrons. The van der Waals surface area contributed by atoms with Gasteiger partial charge in [-0.15, -0.1) is 0 Å². The Bertz CT molecular complexity index is 744. The number of carbonyl (C=O) groups excluding carboxylic acids is 2. The van der Waals surface area contributed by atoms with E-state index >= 15 is 0 Å². The molecule has 0 aromatic heterocycles. The minimum absolute atomic E-state index is 0.322. The highest BCUT2D eigenvalue weighted by molar-refractivity contribution is 5.98. The van der Waals surface area contributed by atoms with Crippen LogP contribution in [0.15, 0.2) is 42.5 Å². The lowest BCUT2D eigenvalue weighted by Crippen LogP contribution is -2.10. The van der Waals surface area contributed by atoms with Crippen molar-refractivity contribution in [3.8, 4) is 11.5 Å². The van der Waals surface area contributed by atoms with Crippen LogP contribution in [0.25, 0.3) is 10.8 Å². The first-order valence-corrected chi connectivity index (χ1v) is 6.48. The summed E-state index contributed by atoms with van der Waals surface area (Å²) in [5.74, 6) is 0.0231. The number of rotatable bonds is 3. The molecular formula is C17H16O4. The van der Waals surface area contributed by atoms with Gasteiger partial charge in [0.2, 0.25) is 0 Å². The van der Waals surface area contributed by atoms with Crippen molar-refractivity contribution in [1.29, 1.82) is 0 Å². The van der Waals surface area contributed by atoms with E-state index in [-0.39, 0.29) is 0 Å². The van der Waals surface area contributed by atoms with Crippen LogP contribution in [-0.4, -0.2) is 11.9 Å². The third-order valence-corrected chi connectivity index (χ3v) is 2.94. The molecule has 0 amide bonds. The maximum absolute atomic E-state index is 11.8. The van der Waals surface area contributed by atoms with E-state index in [4.69, 9.17) is 9.47 Å². The van der Waals surface area contributed by atoms with Crippen LogP contribution in [0, 0.1) is 6.92 Å². The molecule has 0 radical (unpaired) electrons. The molecule has 0 heterocycles. The fraction of sp³-hybridized carbons (Fsp3) is 0.176. The summed E-state index contributed by atoms with van der Waals surface area (Å²) in [7, 11) is 0.